The summed E-state index contributed by atoms with van der Waals surface area (Å²) in [6.45, 7) is 5.24. The standard InChI is InChI=1S/C27H32N4O6S/c1-16(2)14-19(24-18-8-4-5-9-22(18)37-25(24)26(28)33)27(34)30-20-12-11-17(3)31(15-21(20)32)38(35,36)23-10-6-7-13-29-23/h4-10,13,16-17,19-20H,11-12,14-15H2,1-3H3,(H2,28,33)(H,30,34)/t17-,19+,20+/m1/s1. The number of hydrogen-bond donors (Lipinski definition) is 2. The van der Waals surface area contributed by atoms with Gasteiger partial charge in [0.2, 0.25) is 5.91 Å². The molecule has 3 N–H and O–H groups in total. The highest BCUT2D eigenvalue weighted by Gasteiger charge is 2.39. The molecular formula is C27H32N4O6S. The van der Waals surface area contributed by atoms with Crippen molar-refractivity contribution in [3.8, 4) is 0 Å². The number of primary amides is 1. The van der Waals surface area contributed by atoms with Crippen LogP contribution in [-0.4, -0.2) is 53.9 Å². The zero-order valence-electron chi connectivity index (χ0n) is 21.6. The summed E-state index contributed by atoms with van der Waals surface area (Å²) in [5, 5.41) is 3.32. The number of para-hydroxylation sites is 1. The molecule has 3 aromatic rings. The largest absolute Gasteiger partial charge is 0.451 e. The number of Topliss-reactive ketones (excluding diaryl/α,β-unsaturated/α-hetero) is 1. The highest BCUT2D eigenvalue weighted by Crippen LogP contribution is 2.36. The van der Waals surface area contributed by atoms with Crippen molar-refractivity contribution in [2.45, 2.75) is 63.1 Å². The molecule has 0 bridgehead atoms. The van der Waals surface area contributed by atoms with Crippen molar-refractivity contribution in [2.24, 2.45) is 11.7 Å². The van der Waals surface area contributed by atoms with Crippen molar-refractivity contribution in [1.82, 2.24) is 14.6 Å². The van der Waals surface area contributed by atoms with Crippen molar-refractivity contribution >= 4 is 38.6 Å². The van der Waals surface area contributed by atoms with Gasteiger partial charge >= 0.3 is 0 Å². The lowest BCUT2D eigenvalue weighted by Crippen LogP contribution is -2.46. The van der Waals surface area contributed by atoms with Gasteiger partial charge in [0, 0.05) is 23.2 Å². The molecule has 2 amide bonds. The Hall–Kier alpha value is -3.57. The molecule has 11 heteroatoms. The number of benzene rings is 1. The highest BCUT2D eigenvalue weighted by molar-refractivity contribution is 7.89. The Kier molecular flexibility index (Phi) is 7.98. The molecule has 38 heavy (non-hydrogen) atoms. The van der Waals surface area contributed by atoms with Crippen LogP contribution in [0.2, 0.25) is 0 Å². The molecule has 3 atom stereocenters. The number of nitrogens with zero attached hydrogens (tertiary/aromatic N) is 2. The number of aromatic nitrogens is 1. The quantitative estimate of drug-likeness (QED) is 0.445. The van der Waals surface area contributed by atoms with Crippen molar-refractivity contribution in [1.29, 1.82) is 0 Å². The van der Waals surface area contributed by atoms with Gasteiger partial charge in [-0.1, -0.05) is 38.1 Å². The van der Waals surface area contributed by atoms with Crippen LogP contribution in [0.25, 0.3) is 11.0 Å². The fourth-order valence-electron chi connectivity index (χ4n) is 4.92. The number of rotatable bonds is 8. The van der Waals surface area contributed by atoms with E-state index in [0.717, 1.165) is 4.31 Å². The van der Waals surface area contributed by atoms with Gasteiger partial charge in [-0.2, -0.15) is 4.31 Å². The molecule has 10 nitrogen and oxygen atoms in total. The first kappa shape index (κ1) is 27.5. The maximum atomic E-state index is 13.7. The number of hydrogen-bond acceptors (Lipinski definition) is 7. The van der Waals surface area contributed by atoms with Crippen LogP contribution in [-0.2, 0) is 19.6 Å². The average Bonchev–Trinajstić information content (AvgIpc) is 3.21. The third-order valence-corrected chi connectivity index (χ3v) is 8.70. The summed E-state index contributed by atoms with van der Waals surface area (Å²) in [4.78, 5) is 43.2. The zero-order valence-corrected chi connectivity index (χ0v) is 22.4. The molecule has 1 fully saturated rings. The van der Waals surface area contributed by atoms with E-state index in [1.807, 2.05) is 13.8 Å². The van der Waals surface area contributed by atoms with Crippen LogP contribution in [0.1, 0.15) is 62.1 Å². The monoisotopic (exact) mass is 540 g/mol. The zero-order chi connectivity index (χ0) is 27.6. The summed E-state index contributed by atoms with van der Waals surface area (Å²) >= 11 is 0. The second kappa shape index (κ2) is 11.0. The number of fused-ring (bicyclic) bond motifs is 1. The van der Waals surface area contributed by atoms with Gasteiger partial charge in [0.25, 0.3) is 15.9 Å². The van der Waals surface area contributed by atoms with Gasteiger partial charge in [-0.05, 0) is 50.3 Å². The minimum atomic E-state index is -4.00. The van der Waals surface area contributed by atoms with Crippen molar-refractivity contribution in [2.75, 3.05) is 6.54 Å². The number of nitrogens with two attached hydrogens (primary N) is 1. The van der Waals surface area contributed by atoms with E-state index in [1.54, 1.807) is 43.3 Å². The van der Waals surface area contributed by atoms with Gasteiger partial charge in [-0.15, -0.1) is 0 Å². The van der Waals surface area contributed by atoms with Crippen LogP contribution in [0, 0.1) is 5.92 Å². The van der Waals surface area contributed by atoms with Crippen molar-refractivity contribution < 1.29 is 27.2 Å². The van der Waals surface area contributed by atoms with Crippen LogP contribution >= 0.6 is 0 Å². The number of nitrogens with one attached hydrogen (secondary N) is 1. The summed E-state index contributed by atoms with van der Waals surface area (Å²) in [6, 6.07) is 10.2. The summed E-state index contributed by atoms with van der Waals surface area (Å²) in [7, 11) is -4.00. The molecule has 202 valence electrons. The molecule has 0 saturated carbocycles. The summed E-state index contributed by atoms with van der Waals surface area (Å²) < 4.78 is 33.3. The number of ketones is 1. The first-order chi connectivity index (χ1) is 18.0. The molecular weight excluding hydrogens is 508 g/mol. The van der Waals surface area contributed by atoms with Crippen LogP contribution in [0.5, 0.6) is 0 Å². The van der Waals surface area contributed by atoms with E-state index in [-0.39, 0.29) is 29.7 Å². The molecule has 2 aromatic heterocycles. The normalized spacial score (nSPS) is 19.8. The van der Waals surface area contributed by atoms with E-state index in [2.05, 4.69) is 10.3 Å². The molecule has 0 unspecified atom stereocenters. The van der Waals surface area contributed by atoms with E-state index in [1.165, 1.54) is 12.3 Å². The van der Waals surface area contributed by atoms with Gasteiger partial charge in [0.05, 0.1) is 18.5 Å². The molecule has 0 aliphatic carbocycles. The number of amides is 2. The summed E-state index contributed by atoms with van der Waals surface area (Å²) in [5.41, 5.74) is 6.44. The Labute approximate surface area is 221 Å². The smallest absolute Gasteiger partial charge is 0.284 e. The second-order valence-corrected chi connectivity index (χ2v) is 11.9. The van der Waals surface area contributed by atoms with E-state index < -0.39 is 45.6 Å². The predicted molar refractivity (Wildman–Crippen MR) is 141 cm³/mol. The van der Waals surface area contributed by atoms with Crippen molar-refractivity contribution in [3.63, 3.8) is 0 Å². The Bertz CT molecular complexity index is 1450. The molecule has 1 aromatic carbocycles. The summed E-state index contributed by atoms with van der Waals surface area (Å²) in [6.07, 6.45) is 2.39. The van der Waals surface area contributed by atoms with Crippen LogP contribution in [0.3, 0.4) is 0 Å². The average molecular weight is 541 g/mol. The lowest BCUT2D eigenvalue weighted by molar-refractivity contribution is -0.128. The second-order valence-electron chi connectivity index (χ2n) is 10.1. The maximum Gasteiger partial charge on any atom is 0.284 e. The fourth-order valence-corrected chi connectivity index (χ4v) is 6.48. The highest BCUT2D eigenvalue weighted by atomic mass is 32.2. The van der Waals surface area contributed by atoms with E-state index in [4.69, 9.17) is 10.2 Å². The summed E-state index contributed by atoms with van der Waals surface area (Å²) in [5.74, 6) is -2.46. The molecule has 3 heterocycles. The molecule has 1 saturated heterocycles. The Morgan fingerprint density at radius 3 is 2.53 bits per heavy atom. The van der Waals surface area contributed by atoms with Crippen LogP contribution in [0.4, 0.5) is 0 Å². The number of carbonyl (C=O) groups excluding carboxylic acids is 3. The Morgan fingerprint density at radius 1 is 1.16 bits per heavy atom. The number of carbonyl (C=O) groups is 3. The first-order valence-corrected chi connectivity index (χ1v) is 14.0. The molecule has 0 spiro atoms. The molecule has 1 aliphatic rings. The van der Waals surface area contributed by atoms with Crippen molar-refractivity contribution in [3.05, 3.63) is 60.0 Å². The Morgan fingerprint density at radius 2 is 1.87 bits per heavy atom. The molecule has 4 rings (SSSR count). The van der Waals surface area contributed by atoms with Gasteiger partial charge in [-0.25, -0.2) is 13.4 Å². The lowest BCUT2D eigenvalue weighted by Gasteiger charge is -2.25. The number of furan rings is 1. The number of sulfonamides is 1. The SMILES string of the molecule is CC(C)C[C@H](C(=O)N[C@H]1CC[C@@H](C)N(S(=O)(=O)c2ccccn2)CC1=O)c1c(C(N)=O)oc2ccccc12. The first-order valence-electron chi connectivity index (χ1n) is 12.6. The third-order valence-electron chi connectivity index (χ3n) is 6.82. The predicted octanol–water partition coefficient (Wildman–Crippen LogP) is 2.98. The van der Waals surface area contributed by atoms with Gasteiger partial charge in [0.1, 0.15) is 5.58 Å². The minimum absolute atomic E-state index is 0.0732. The van der Waals surface area contributed by atoms with Gasteiger partial charge in [0.15, 0.2) is 16.6 Å². The van der Waals surface area contributed by atoms with E-state index in [0.29, 0.717) is 29.4 Å². The fraction of sp³-hybridized carbons (Fsp3) is 0.407. The molecule has 1 aliphatic heterocycles. The van der Waals surface area contributed by atoms with Gasteiger partial charge in [-0.3, -0.25) is 14.4 Å². The van der Waals surface area contributed by atoms with Crippen LogP contribution in [0.15, 0.2) is 58.1 Å². The maximum absolute atomic E-state index is 13.7. The minimum Gasteiger partial charge on any atom is -0.451 e. The lowest BCUT2D eigenvalue weighted by atomic mass is 9.87. The van der Waals surface area contributed by atoms with E-state index >= 15 is 0 Å². The van der Waals surface area contributed by atoms with E-state index in [9.17, 15) is 22.8 Å². The number of pyridine rings is 1. The third kappa shape index (κ3) is 5.48. The van der Waals surface area contributed by atoms with Crippen LogP contribution < -0.4 is 11.1 Å². The Balaban J connectivity index is 1.62. The van der Waals surface area contributed by atoms with Gasteiger partial charge < -0.3 is 15.5 Å². The topological polar surface area (TPSA) is 153 Å². The molecule has 0 radical (unpaired) electrons.